The van der Waals surface area contributed by atoms with Crippen molar-refractivity contribution in [1.82, 2.24) is 5.32 Å². The largest absolute Gasteiger partial charge is 0.472 e. The molecule has 0 aromatic carbocycles. The SMILES string of the molecule is CCCCCCCCCCC/C=C\CCCCCCCC(O)CC(=O)NC(COP(=O)(O)OC1C(O)C(O)C(O)C(O)C1O)C(O)CCCCCCCCCCCCCCC. The first-order valence-electron chi connectivity index (χ1n) is 24.7. The molecule has 1 saturated carbocycles. The number of phosphoric ester groups is 1. The van der Waals surface area contributed by atoms with Gasteiger partial charge < -0.3 is 46.0 Å². The fraction of sp³-hybridized carbons (Fsp3) is 0.936. The zero-order valence-corrected chi connectivity index (χ0v) is 39.2. The summed E-state index contributed by atoms with van der Waals surface area (Å²) in [6, 6.07) is -1.15. The molecule has 0 radical (unpaired) electrons. The summed E-state index contributed by atoms with van der Waals surface area (Å²) in [5.74, 6) is -0.563. The van der Waals surface area contributed by atoms with E-state index in [9.17, 15) is 50.0 Å². The standard InChI is InChI=1S/C47H92NO12P/c1-3-5-7-9-11-13-15-17-18-19-20-21-23-24-26-28-30-32-34-38(49)36-41(51)48-39(40(50)35-33-31-29-27-25-22-16-14-12-10-8-6-4-2)37-59-61(57,58)60-47-45(55)43(53)42(52)44(54)46(47)56/h20-21,38-40,42-47,49-50,52-56H,3-19,22-37H2,1-2H3,(H,48,51)(H,57,58)/b21-20-. The molecule has 0 aliphatic heterocycles. The predicted molar refractivity (Wildman–Crippen MR) is 243 cm³/mol. The van der Waals surface area contributed by atoms with Crippen molar-refractivity contribution in [2.75, 3.05) is 6.61 Å². The number of nitrogens with one attached hydrogen (secondary N) is 1. The van der Waals surface area contributed by atoms with Gasteiger partial charge in [-0.1, -0.05) is 187 Å². The Bertz CT molecular complexity index is 1100. The minimum absolute atomic E-state index is 0.225. The number of hydrogen-bond acceptors (Lipinski definition) is 11. The van der Waals surface area contributed by atoms with E-state index in [-0.39, 0.29) is 12.8 Å². The van der Waals surface area contributed by atoms with E-state index in [1.807, 2.05) is 0 Å². The highest BCUT2D eigenvalue weighted by atomic mass is 31.2. The molecule has 0 bridgehead atoms. The van der Waals surface area contributed by atoms with Crippen molar-refractivity contribution in [3.63, 3.8) is 0 Å². The number of carbonyl (C=O) groups excluding carboxylic acids is 1. The van der Waals surface area contributed by atoms with Gasteiger partial charge in [0.25, 0.3) is 0 Å². The van der Waals surface area contributed by atoms with E-state index >= 15 is 0 Å². The van der Waals surface area contributed by atoms with E-state index in [2.05, 4.69) is 31.3 Å². The van der Waals surface area contributed by atoms with Crippen LogP contribution >= 0.6 is 7.82 Å². The molecular weight excluding hydrogens is 801 g/mol. The molecule has 1 aliphatic carbocycles. The normalized spacial score (nSPS) is 23.2. The number of amides is 1. The summed E-state index contributed by atoms with van der Waals surface area (Å²) in [6.07, 6.45) is 25.4. The fourth-order valence-corrected chi connectivity index (χ4v) is 9.03. The predicted octanol–water partition coefficient (Wildman–Crippen LogP) is 8.59. The van der Waals surface area contributed by atoms with Gasteiger partial charge >= 0.3 is 7.82 Å². The number of carbonyl (C=O) groups is 1. The van der Waals surface area contributed by atoms with Crippen LogP contribution in [0.3, 0.4) is 0 Å². The van der Waals surface area contributed by atoms with E-state index in [1.54, 1.807) is 0 Å². The molecule has 13 nitrogen and oxygen atoms in total. The smallest absolute Gasteiger partial charge is 0.393 e. The topological polar surface area (TPSA) is 226 Å². The Morgan fingerprint density at radius 1 is 0.557 bits per heavy atom. The van der Waals surface area contributed by atoms with E-state index in [4.69, 9.17) is 9.05 Å². The lowest BCUT2D eigenvalue weighted by atomic mass is 9.85. The van der Waals surface area contributed by atoms with Crippen LogP contribution in [-0.2, 0) is 18.4 Å². The van der Waals surface area contributed by atoms with Gasteiger partial charge in [-0.25, -0.2) is 4.57 Å². The van der Waals surface area contributed by atoms with Crippen molar-refractivity contribution in [3.8, 4) is 0 Å². The molecule has 9 N–H and O–H groups in total. The lowest BCUT2D eigenvalue weighted by Crippen LogP contribution is -2.64. The summed E-state index contributed by atoms with van der Waals surface area (Å²) < 4.78 is 22.9. The van der Waals surface area contributed by atoms with Crippen molar-refractivity contribution in [2.45, 2.75) is 274 Å². The molecule has 61 heavy (non-hydrogen) atoms. The van der Waals surface area contributed by atoms with Crippen LogP contribution in [-0.4, -0.2) is 108 Å². The Morgan fingerprint density at radius 3 is 1.34 bits per heavy atom. The van der Waals surface area contributed by atoms with Gasteiger partial charge in [-0.3, -0.25) is 13.8 Å². The number of aliphatic hydroxyl groups is 7. The first-order chi connectivity index (χ1) is 29.3. The van der Waals surface area contributed by atoms with Gasteiger partial charge in [-0.05, 0) is 38.5 Å². The van der Waals surface area contributed by atoms with Gasteiger partial charge in [0.15, 0.2) is 0 Å². The Labute approximate surface area is 370 Å². The molecular formula is C47H92NO12P. The number of hydrogen-bond donors (Lipinski definition) is 9. The van der Waals surface area contributed by atoms with Gasteiger partial charge in [0.1, 0.15) is 36.6 Å². The third-order valence-corrected chi connectivity index (χ3v) is 13.1. The van der Waals surface area contributed by atoms with Crippen LogP contribution in [0.25, 0.3) is 0 Å². The molecule has 0 aromatic rings. The van der Waals surface area contributed by atoms with Crippen LogP contribution in [0.4, 0.5) is 0 Å². The molecule has 0 spiro atoms. The highest BCUT2D eigenvalue weighted by Crippen LogP contribution is 2.47. The fourth-order valence-electron chi connectivity index (χ4n) is 8.06. The number of rotatable bonds is 41. The minimum Gasteiger partial charge on any atom is -0.393 e. The van der Waals surface area contributed by atoms with Gasteiger partial charge in [0.2, 0.25) is 5.91 Å². The van der Waals surface area contributed by atoms with Crippen molar-refractivity contribution in [2.24, 2.45) is 0 Å². The Balaban J connectivity index is 2.47. The number of unbranched alkanes of at least 4 members (excludes halogenated alkanes) is 26. The molecule has 8 unspecified atom stereocenters. The summed E-state index contributed by atoms with van der Waals surface area (Å²) in [4.78, 5) is 23.5. The highest BCUT2D eigenvalue weighted by Gasteiger charge is 2.51. The Hall–Kier alpha value is -0.960. The molecule has 14 heteroatoms. The molecule has 1 amide bonds. The van der Waals surface area contributed by atoms with Gasteiger partial charge in [-0.2, -0.15) is 0 Å². The molecule has 0 heterocycles. The van der Waals surface area contributed by atoms with Crippen LogP contribution in [0, 0.1) is 0 Å². The second-order valence-corrected chi connectivity index (χ2v) is 19.3. The molecule has 1 fully saturated rings. The number of aliphatic hydroxyl groups excluding tert-OH is 7. The van der Waals surface area contributed by atoms with Gasteiger partial charge in [0, 0.05) is 0 Å². The van der Waals surface area contributed by atoms with Crippen molar-refractivity contribution in [3.05, 3.63) is 12.2 Å². The third kappa shape index (κ3) is 29.2. The summed E-state index contributed by atoms with van der Waals surface area (Å²) in [5.41, 5.74) is 0. The molecule has 8 atom stereocenters. The quantitative estimate of drug-likeness (QED) is 0.0160. The monoisotopic (exact) mass is 894 g/mol. The lowest BCUT2D eigenvalue weighted by molar-refractivity contribution is -0.220. The zero-order chi connectivity index (χ0) is 45.1. The van der Waals surface area contributed by atoms with Crippen LogP contribution in [0.15, 0.2) is 12.2 Å². The van der Waals surface area contributed by atoms with Crippen molar-refractivity contribution >= 4 is 13.7 Å². The van der Waals surface area contributed by atoms with Crippen LogP contribution < -0.4 is 5.32 Å². The van der Waals surface area contributed by atoms with Crippen molar-refractivity contribution < 1.29 is 59.0 Å². The molecule has 1 rings (SSSR count). The highest BCUT2D eigenvalue weighted by molar-refractivity contribution is 7.47. The second kappa shape index (κ2) is 37.3. The summed E-state index contributed by atoms with van der Waals surface area (Å²) in [5, 5.41) is 74.7. The maximum absolute atomic E-state index is 13.0. The number of allylic oxidation sites excluding steroid dienone is 2. The second-order valence-electron chi connectivity index (χ2n) is 17.9. The minimum atomic E-state index is -5.12. The van der Waals surface area contributed by atoms with Crippen LogP contribution in [0.2, 0.25) is 0 Å². The summed E-state index contributed by atoms with van der Waals surface area (Å²) >= 11 is 0. The van der Waals surface area contributed by atoms with E-state index in [1.165, 1.54) is 109 Å². The lowest BCUT2D eigenvalue weighted by Gasteiger charge is -2.41. The Morgan fingerprint density at radius 2 is 0.918 bits per heavy atom. The van der Waals surface area contributed by atoms with E-state index in [0.717, 1.165) is 70.6 Å². The van der Waals surface area contributed by atoms with Gasteiger partial charge in [-0.15, -0.1) is 0 Å². The summed E-state index contributed by atoms with van der Waals surface area (Å²) in [7, 11) is -5.12. The first kappa shape index (κ1) is 58.1. The van der Waals surface area contributed by atoms with Crippen molar-refractivity contribution in [1.29, 1.82) is 0 Å². The van der Waals surface area contributed by atoms with E-state index in [0.29, 0.717) is 12.8 Å². The molecule has 1 aliphatic rings. The molecule has 0 saturated heterocycles. The molecule has 0 aromatic heterocycles. The van der Waals surface area contributed by atoms with Crippen LogP contribution in [0.1, 0.15) is 219 Å². The van der Waals surface area contributed by atoms with Crippen LogP contribution in [0.5, 0.6) is 0 Å². The number of phosphoric acid groups is 1. The first-order valence-corrected chi connectivity index (χ1v) is 26.2. The maximum Gasteiger partial charge on any atom is 0.472 e. The average molecular weight is 894 g/mol. The third-order valence-electron chi connectivity index (χ3n) is 12.1. The maximum atomic E-state index is 13.0. The molecule has 362 valence electrons. The Kier molecular flexibility index (Phi) is 35.5. The van der Waals surface area contributed by atoms with Gasteiger partial charge in [0.05, 0.1) is 31.3 Å². The summed E-state index contributed by atoms with van der Waals surface area (Å²) in [6.45, 7) is 3.79. The average Bonchev–Trinajstić information content (AvgIpc) is 3.23. The zero-order valence-electron chi connectivity index (χ0n) is 38.3. The van der Waals surface area contributed by atoms with E-state index < -0.39 is 75.2 Å².